The van der Waals surface area contributed by atoms with E-state index in [4.69, 9.17) is 23.2 Å². The van der Waals surface area contributed by atoms with Gasteiger partial charge in [-0.05, 0) is 24.6 Å². The number of anilines is 2. The number of aliphatic imine (C=N–C) groups is 1. The highest BCUT2D eigenvalue weighted by atomic mass is 35.5. The zero-order chi connectivity index (χ0) is 19.9. The van der Waals surface area contributed by atoms with Crippen LogP contribution in [0.25, 0.3) is 0 Å². The Bertz CT molecular complexity index is 833. The van der Waals surface area contributed by atoms with Gasteiger partial charge in [0.15, 0.2) is 17.6 Å². The molecule has 150 valence electrons. The molecule has 0 amide bonds. The van der Waals surface area contributed by atoms with Crippen LogP contribution in [0.15, 0.2) is 35.6 Å². The van der Waals surface area contributed by atoms with E-state index in [9.17, 15) is 4.39 Å². The Morgan fingerprint density at radius 1 is 1.36 bits per heavy atom. The van der Waals surface area contributed by atoms with E-state index in [1.807, 2.05) is 4.90 Å². The summed E-state index contributed by atoms with van der Waals surface area (Å²) in [6.45, 7) is 2.62. The third-order valence-electron chi connectivity index (χ3n) is 4.31. The third-order valence-corrected chi connectivity index (χ3v) is 4.80. The second kappa shape index (κ2) is 9.75. The Hall–Kier alpha value is -2.32. The summed E-state index contributed by atoms with van der Waals surface area (Å²) >= 11 is 11.9. The minimum absolute atomic E-state index is 0.160. The molecular formula is C18H22Cl2FN7. The summed E-state index contributed by atoms with van der Waals surface area (Å²) in [4.78, 5) is 14.5. The summed E-state index contributed by atoms with van der Waals surface area (Å²) in [7, 11) is 1.71. The lowest BCUT2D eigenvalue weighted by Gasteiger charge is -2.20. The lowest BCUT2D eigenvalue weighted by molar-refractivity contribution is 0.612. The van der Waals surface area contributed by atoms with Crippen LogP contribution in [0.4, 0.5) is 16.0 Å². The smallest absolute Gasteiger partial charge is 0.191 e. The van der Waals surface area contributed by atoms with Crippen molar-refractivity contribution in [2.45, 2.75) is 12.5 Å². The molecule has 1 aliphatic rings. The van der Waals surface area contributed by atoms with E-state index in [0.717, 1.165) is 13.0 Å². The monoisotopic (exact) mass is 425 g/mol. The highest BCUT2D eigenvalue weighted by Gasteiger charge is 2.25. The molecular weight excluding hydrogens is 404 g/mol. The molecule has 2 aromatic rings. The first kappa shape index (κ1) is 20.4. The molecule has 28 heavy (non-hydrogen) atoms. The Labute approximate surface area is 173 Å². The van der Waals surface area contributed by atoms with Crippen molar-refractivity contribution in [2.75, 3.05) is 43.4 Å². The highest BCUT2D eigenvalue weighted by Crippen LogP contribution is 2.22. The van der Waals surface area contributed by atoms with E-state index in [1.54, 1.807) is 31.6 Å². The van der Waals surface area contributed by atoms with Crippen molar-refractivity contribution in [3.63, 3.8) is 0 Å². The number of aromatic nitrogens is 2. The lowest BCUT2D eigenvalue weighted by atomic mass is 10.3. The van der Waals surface area contributed by atoms with Gasteiger partial charge in [0.25, 0.3) is 0 Å². The van der Waals surface area contributed by atoms with Crippen molar-refractivity contribution in [1.82, 2.24) is 20.6 Å². The molecule has 0 saturated carbocycles. The highest BCUT2D eigenvalue weighted by molar-refractivity contribution is 6.35. The molecule has 0 radical (unpaired) electrons. The molecule has 3 rings (SSSR count). The fourth-order valence-electron chi connectivity index (χ4n) is 2.97. The summed E-state index contributed by atoms with van der Waals surface area (Å²) in [6.07, 6.45) is 4.02. The van der Waals surface area contributed by atoms with Gasteiger partial charge < -0.3 is 20.9 Å². The second-order valence-electron chi connectivity index (χ2n) is 6.29. The molecule has 0 aromatic carbocycles. The Morgan fingerprint density at radius 3 is 2.96 bits per heavy atom. The molecule has 3 heterocycles. The van der Waals surface area contributed by atoms with Gasteiger partial charge in [-0.15, -0.1) is 0 Å². The van der Waals surface area contributed by atoms with Gasteiger partial charge >= 0.3 is 0 Å². The van der Waals surface area contributed by atoms with Crippen LogP contribution in [0.2, 0.25) is 10.0 Å². The van der Waals surface area contributed by atoms with Crippen LogP contribution in [0.3, 0.4) is 0 Å². The molecule has 3 N–H and O–H groups in total. The van der Waals surface area contributed by atoms with Crippen molar-refractivity contribution >= 4 is 40.8 Å². The number of rotatable bonds is 6. The Kier molecular flexibility index (Phi) is 7.11. The standard InChI is InChI=1S/C18H22Cl2FN7/c1-22-18(25-7-6-23-16-14(20)9-12(19)10-26-16)27-13-4-8-28(11-13)17-15(21)3-2-5-24-17/h2-3,5,9-10,13H,4,6-8,11H2,1H3,(H,23,26)(H2,22,25,27). The minimum atomic E-state index is -0.300. The maximum atomic E-state index is 13.9. The zero-order valence-corrected chi connectivity index (χ0v) is 16.9. The normalized spacial score (nSPS) is 16.9. The van der Waals surface area contributed by atoms with Gasteiger partial charge in [-0.2, -0.15) is 0 Å². The predicted molar refractivity (Wildman–Crippen MR) is 112 cm³/mol. The SMILES string of the molecule is CN=C(NCCNc1ncc(Cl)cc1Cl)NC1CCN(c2ncccc2F)C1. The van der Waals surface area contributed by atoms with Crippen molar-refractivity contribution < 1.29 is 4.39 Å². The summed E-state index contributed by atoms with van der Waals surface area (Å²) in [5, 5.41) is 10.7. The first-order valence-electron chi connectivity index (χ1n) is 8.94. The van der Waals surface area contributed by atoms with Gasteiger partial charge in [0.1, 0.15) is 5.82 Å². The number of hydrogen-bond acceptors (Lipinski definition) is 5. The van der Waals surface area contributed by atoms with Crippen LogP contribution in [-0.4, -0.2) is 55.2 Å². The first-order valence-corrected chi connectivity index (χ1v) is 9.70. The summed E-state index contributed by atoms with van der Waals surface area (Å²) < 4.78 is 13.9. The second-order valence-corrected chi connectivity index (χ2v) is 7.14. The fraction of sp³-hybridized carbons (Fsp3) is 0.389. The zero-order valence-electron chi connectivity index (χ0n) is 15.4. The van der Waals surface area contributed by atoms with Gasteiger partial charge in [-0.25, -0.2) is 14.4 Å². The molecule has 2 aromatic heterocycles. The van der Waals surface area contributed by atoms with Crippen LogP contribution < -0.4 is 20.9 Å². The Morgan fingerprint density at radius 2 is 2.21 bits per heavy atom. The van der Waals surface area contributed by atoms with Gasteiger partial charge in [-0.1, -0.05) is 23.2 Å². The average Bonchev–Trinajstić information content (AvgIpc) is 3.14. The van der Waals surface area contributed by atoms with Crippen molar-refractivity contribution in [2.24, 2.45) is 4.99 Å². The molecule has 1 unspecified atom stereocenters. The number of hydrogen-bond donors (Lipinski definition) is 3. The van der Waals surface area contributed by atoms with E-state index in [1.165, 1.54) is 6.07 Å². The van der Waals surface area contributed by atoms with Gasteiger partial charge in [0.05, 0.1) is 10.0 Å². The fourth-order valence-corrected chi connectivity index (χ4v) is 3.42. The predicted octanol–water partition coefficient (Wildman–Crippen LogP) is 2.78. The number of pyridine rings is 2. The molecule has 10 heteroatoms. The third kappa shape index (κ3) is 5.36. The number of guanidine groups is 1. The molecule has 0 spiro atoms. The molecule has 1 atom stereocenters. The van der Waals surface area contributed by atoms with E-state index in [2.05, 4.69) is 30.9 Å². The average molecular weight is 426 g/mol. The summed E-state index contributed by atoms with van der Waals surface area (Å²) in [5.74, 6) is 1.36. The Balaban J connectivity index is 1.43. The van der Waals surface area contributed by atoms with Crippen LogP contribution in [0.5, 0.6) is 0 Å². The van der Waals surface area contributed by atoms with Crippen LogP contribution >= 0.6 is 23.2 Å². The van der Waals surface area contributed by atoms with Crippen LogP contribution in [0.1, 0.15) is 6.42 Å². The van der Waals surface area contributed by atoms with E-state index >= 15 is 0 Å². The first-order chi connectivity index (χ1) is 13.6. The van der Waals surface area contributed by atoms with E-state index in [-0.39, 0.29) is 11.9 Å². The van der Waals surface area contributed by atoms with E-state index < -0.39 is 0 Å². The summed E-state index contributed by atoms with van der Waals surface area (Å²) in [6, 6.07) is 4.82. The number of halogens is 3. The molecule has 7 nitrogen and oxygen atoms in total. The van der Waals surface area contributed by atoms with Gasteiger partial charge in [0.2, 0.25) is 0 Å². The molecule has 1 aliphatic heterocycles. The quantitative estimate of drug-likeness (QED) is 0.375. The topological polar surface area (TPSA) is 77.5 Å². The lowest BCUT2D eigenvalue weighted by Crippen LogP contribution is -2.45. The van der Waals surface area contributed by atoms with Crippen LogP contribution in [-0.2, 0) is 0 Å². The maximum Gasteiger partial charge on any atom is 0.191 e. The molecule has 1 fully saturated rings. The summed E-state index contributed by atoms with van der Waals surface area (Å²) in [5.41, 5.74) is 0. The van der Waals surface area contributed by atoms with Crippen molar-refractivity contribution in [1.29, 1.82) is 0 Å². The molecule has 1 saturated heterocycles. The van der Waals surface area contributed by atoms with Crippen LogP contribution in [0, 0.1) is 5.82 Å². The van der Waals surface area contributed by atoms with Crippen molar-refractivity contribution in [3.8, 4) is 0 Å². The van der Waals surface area contributed by atoms with Crippen molar-refractivity contribution in [3.05, 3.63) is 46.5 Å². The van der Waals surface area contributed by atoms with Gasteiger partial charge in [0, 0.05) is 51.7 Å². The van der Waals surface area contributed by atoms with Gasteiger partial charge in [-0.3, -0.25) is 4.99 Å². The number of nitrogens with one attached hydrogen (secondary N) is 3. The molecule has 0 bridgehead atoms. The molecule has 0 aliphatic carbocycles. The minimum Gasteiger partial charge on any atom is -0.367 e. The maximum absolute atomic E-state index is 13.9. The number of nitrogens with zero attached hydrogens (tertiary/aromatic N) is 4. The largest absolute Gasteiger partial charge is 0.367 e. The van der Waals surface area contributed by atoms with E-state index in [0.29, 0.717) is 47.3 Å².